The summed E-state index contributed by atoms with van der Waals surface area (Å²) in [5.74, 6) is 2.11. The predicted molar refractivity (Wildman–Crippen MR) is 92.2 cm³/mol. The van der Waals surface area contributed by atoms with E-state index in [-0.39, 0.29) is 5.41 Å². The van der Waals surface area contributed by atoms with Gasteiger partial charge in [-0.05, 0) is 38.0 Å². The van der Waals surface area contributed by atoms with E-state index in [0.717, 1.165) is 29.5 Å². The monoisotopic (exact) mass is 300 g/mol. The number of hydrogen-bond acceptors (Lipinski definition) is 4. The van der Waals surface area contributed by atoms with Gasteiger partial charge in [-0.3, -0.25) is 0 Å². The minimum Gasteiger partial charge on any atom is -0.377 e. The van der Waals surface area contributed by atoms with Crippen LogP contribution in [0.3, 0.4) is 0 Å². The lowest BCUT2D eigenvalue weighted by atomic mass is 9.83. The average Bonchev–Trinajstić information content (AvgIpc) is 2.26. The van der Waals surface area contributed by atoms with Crippen LogP contribution < -0.4 is 0 Å². The molecule has 0 aromatic heterocycles. The minimum absolute atomic E-state index is 0.156. The van der Waals surface area contributed by atoms with E-state index in [1.807, 2.05) is 11.8 Å². The summed E-state index contributed by atoms with van der Waals surface area (Å²) in [7, 11) is 6.47. The van der Waals surface area contributed by atoms with Crippen LogP contribution >= 0.6 is 24.0 Å². The first kappa shape index (κ1) is 17.0. The molecule has 0 aromatic rings. The summed E-state index contributed by atoms with van der Waals surface area (Å²) in [6.07, 6.45) is 1.20. The smallest absolute Gasteiger partial charge is 0.0341 e. The second kappa shape index (κ2) is 7.09. The molecule has 0 N–H and O–H groups in total. The van der Waals surface area contributed by atoms with E-state index >= 15 is 0 Å². The highest BCUT2D eigenvalue weighted by Gasteiger charge is 2.29. The molecule has 0 unspecified atom stereocenters. The highest BCUT2D eigenvalue weighted by molar-refractivity contribution is 8.01. The molecule has 0 bridgehead atoms. The number of thioether (sulfide) groups is 1. The second-order valence-corrected chi connectivity index (χ2v) is 8.04. The van der Waals surface area contributed by atoms with Crippen LogP contribution in [0, 0.1) is 5.41 Å². The lowest BCUT2D eigenvalue weighted by Gasteiger charge is -2.35. The van der Waals surface area contributed by atoms with Gasteiger partial charge in [-0.25, -0.2) is 0 Å². The maximum absolute atomic E-state index is 5.61. The molecule has 4 heteroatoms. The first-order chi connectivity index (χ1) is 8.73. The largest absolute Gasteiger partial charge is 0.377 e. The highest BCUT2D eigenvalue weighted by atomic mass is 32.2. The van der Waals surface area contributed by atoms with Gasteiger partial charge in [0.2, 0.25) is 0 Å². The molecule has 0 radical (unpaired) electrons. The summed E-state index contributed by atoms with van der Waals surface area (Å²) in [4.78, 5) is 5.81. The van der Waals surface area contributed by atoms with Gasteiger partial charge in [-0.1, -0.05) is 33.0 Å². The number of rotatable bonds is 5. The van der Waals surface area contributed by atoms with Crippen molar-refractivity contribution in [3.63, 3.8) is 0 Å². The van der Waals surface area contributed by atoms with Crippen LogP contribution in [0.4, 0.5) is 0 Å². The van der Waals surface area contributed by atoms with Crippen molar-refractivity contribution in [1.82, 2.24) is 9.80 Å². The predicted octanol–water partition coefficient (Wildman–Crippen LogP) is 3.29. The molecule has 1 rings (SSSR count). The minimum atomic E-state index is 0.156. The van der Waals surface area contributed by atoms with E-state index in [1.54, 1.807) is 0 Å². The van der Waals surface area contributed by atoms with Gasteiger partial charge in [-0.2, -0.15) is 0 Å². The molecule has 0 saturated heterocycles. The van der Waals surface area contributed by atoms with Gasteiger partial charge >= 0.3 is 0 Å². The lowest BCUT2D eigenvalue weighted by Crippen LogP contribution is -2.33. The standard InChI is InChI=1S/C15H28N2S2/c1-15(2,3)14-12(10-19-11-13(14)18)17(6)9-7-8-16(4)5/h7-11H2,1-6H3. The summed E-state index contributed by atoms with van der Waals surface area (Å²) in [5, 5.41) is 0. The van der Waals surface area contributed by atoms with Gasteiger partial charge in [0, 0.05) is 35.7 Å². The number of hydrogen-bond donors (Lipinski definition) is 0. The zero-order valence-electron chi connectivity index (χ0n) is 13.2. The SMILES string of the molecule is CN(C)CCCN(C)C1=C(C(C)(C)C)C(=S)CSC1. The summed E-state index contributed by atoms with van der Waals surface area (Å²) >= 11 is 7.56. The first-order valence-electron chi connectivity index (χ1n) is 6.94. The fourth-order valence-corrected chi connectivity index (χ4v) is 4.12. The van der Waals surface area contributed by atoms with E-state index < -0.39 is 0 Å². The van der Waals surface area contributed by atoms with E-state index in [9.17, 15) is 0 Å². The summed E-state index contributed by atoms with van der Waals surface area (Å²) in [5.41, 5.74) is 3.02. The first-order valence-corrected chi connectivity index (χ1v) is 8.50. The number of nitrogens with zero attached hydrogens (tertiary/aromatic N) is 2. The summed E-state index contributed by atoms with van der Waals surface area (Å²) in [6, 6.07) is 0. The molecule has 1 aliphatic heterocycles. The highest BCUT2D eigenvalue weighted by Crippen LogP contribution is 2.36. The molecule has 0 amide bonds. The van der Waals surface area contributed by atoms with Gasteiger partial charge in [0.1, 0.15) is 0 Å². The summed E-state index contributed by atoms with van der Waals surface area (Å²) < 4.78 is 0. The van der Waals surface area contributed by atoms with Gasteiger partial charge in [-0.15, -0.1) is 11.8 Å². The Labute approximate surface area is 128 Å². The van der Waals surface area contributed by atoms with Crippen LogP contribution in [0.2, 0.25) is 0 Å². The fraction of sp³-hybridized carbons (Fsp3) is 0.800. The summed E-state index contributed by atoms with van der Waals surface area (Å²) in [6.45, 7) is 9.07. The average molecular weight is 301 g/mol. The van der Waals surface area contributed by atoms with E-state index in [2.05, 4.69) is 51.7 Å². The molecule has 2 nitrogen and oxygen atoms in total. The van der Waals surface area contributed by atoms with Crippen LogP contribution in [-0.4, -0.2) is 60.4 Å². The molecule has 0 aromatic carbocycles. The van der Waals surface area contributed by atoms with Crippen molar-refractivity contribution in [2.45, 2.75) is 27.2 Å². The van der Waals surface area contributed by atoms with Crippen molar-refractivity contribution in [3.05, 3.63) is 11.3 Å². The van der Waals surface area contributed by atoms with Crippen LogP contribution in [0.5, 0.6) is 0 Å². The van der Waals surface area contributed by atoms with Crippen molar-refractivity contribution in [1.29, 1.82) is 0 Å². The van der Waals surface area contributed by atoms with Crippen molar-refractivity contribution in [3.8, 4) is 0 Å². The molecule has 0 aliphatic carbocycles. The van der Waals surface area contributed by atoms with Crippen LogP contribution in [0.25, 0.3) is 0 Å². The maximum atomic E-state index is 5.61. The van der Waals surface area contributed by atoms with Gasteiger partial charge < -0.3 is 9.80 Å². The van der Waals surface area contributed by atoms with Crippen molar-refractivity contribution in [2.24, 2.45) is 5.41 Å². The number of allylic oxidation sites excluding steroid dienone is 1. The Kier molecular flexibility index (Phi) is 6.34. The van der Waals surface area contributed by atoms with E-state index in [1.165, 1.54) is 17.7 Å². The molecule has 0 atom stereocenters. The Morgan fingerprint density at radius 3 is 2.26 bits per heavy atom. The van der Waals surface area contributed by atoms with Crippen LogP contribution in [0.15, 0.2) is 11.3 Å². The third kappa shape index (κ3) is 5.09. The molecular formula is C15H28N2S2. The Hall–Kier alpha value is -0.0600. The molecule has 0 saturated carbocycles. The molecule has 19 heavy (non-hydrogen) atoms. The zero-order valence-corrected chi connectivity index (χ0v) is 14.9. The molecule has 110 valence electrons. The third-order valence-electron chi connectivity index (χ3n) is 3.35. The fourth-order valence-electron chi connectivity index (χ4n) is 2.46. The van der Waals surface area contributed by atoms with Crippen LogP contribution in [0.1, 0.15) is 27.2 Å². The van der Waals surface area contributed by atoms with Gasteiger partial charge in [0.15, 0.2) is 0 Å². The van der Waals surface area contributed by atoms with Gasteiger partial charge in [0.25, 0.3) is 0 Å². The molecule has 1 aliphatic rings. The maximum Gasteiger partial charge on any atom is 0.0341 e. The van der Waals surface area contributed by atoms with Gasteiger partial charge in [0.05, 0.1) is 0 Å². The second-order valence-electron chi connectivity index (χ2n) is 6.57. The van der Waals surface area contributed by atoms with E-state index in [0.29, 0.717) is 0 Å². The lowest BCUT2D eigenvalue weighted by molar-refractivity contribution is 0.339. The Morgan fingerprint density at radius 2 is 1.74 bits per heavy atom. The van der Waals surface area contributed by atoms with Crippen molar-refractivity contribution in [2.75, 3.05) is 45.7 Å². The molecule has 0 spiro atoms. The molecular weight excluding hydrogens is 272 g/mol. The quantitative estimate of drug-likeness (QED) is 0.719. The molecule has 1 heterocycles. The van der Waals surface area contributed by atoms with E-state index in [4.69, 9.17) is 12.2 Å². The zero-order chi connectivity index (χ0) is 14.6. The number of thiocarbonyl (C=S) groups is 1. The normalized spacial score (nSPS) is 17.3. The Bertz CT molecular complexity index is 354. The molecule has 0 fully saturated rings. The van der Waals surface area contributed by atoms with Crippen molar-refractivity contribution < 1.29 is 0 Å². The third-order valence-corrected chi connectivity index (χ3v) is 4.85. The Balaban J connectivity index is 2.83. The topological polar surface area (TPSA) is 6.48 Å². The van der Waals surface area contributed by atoms with Crippen LogP contribution in [-0.2, 0) is 0 Å². The Morgan fingerprint density at radius 1 is 1.11 bits per heavy atom. The van der Waals surface area contributed by atoms with Crippen molar-refractivity contribution >= 4 is 28.8 Å².